The van der Waals surface area contributed by atoms with Crippen LogP contribution >= 0.6 is 15.9 Å². The fraction of sp³-hybridized carbons (Fsp3) is 0.167. The van der Waals surface area contributed by atoms with Gasteiger partial charge >= 0.3 is 18.4 Å². The lowest BCUT2D eigenvalue weighted by molar-refractivity contribution is -0.143. The van der Waals surface area contributed by atoms with E-state index in [-0.39, 0.29) is 29.6 Å². The fourth-order valence-electron chi connectivity index (χ4n) is 4.59. The van der Waals surface area contributed by atoms with Gasteiger partial charge < -0.3 is 14.6 Å². The van der Waals surface area contributed by atoms with Crippen LogP contribution in [-0.2, 0) is 18.9 Å². The zero-order valence-corrected chi connectivity index (χ0v) is 24.2. The summed E-state index contributed by atoms with van der Waals surface area (Å²) >= 11 is 3.35. The lowest BCUT2D eigenvalue weighted by atomic mass is 10.1. The Labute approximate surface area is 253 Å². The Morgan fingerprint density at radius 1 is 0.955 bits per heavy atom. The van der Waals surface area contributed by atoms with Gasteiger partial charge in [-0.25, -0.2) is 9.78 Å². The fourth-order valence-corrected chi connectivity index (χ4v) is 4.85. The molecule has 7 nitrogen and oxygen atoms in total. The van der Waals surface area contributed by atoms with E-state index in [9.17, 15) is 35.9 Å². The van der Waals surface area contributed by atoms with Crippen LogP contribution in [0.1, 0.15) is 35.7 Å². The molecule has 0 radical (unpaired) electrons. The number of nitrogens with zero attached hydrogens (tertiary/aromatic N) is 3. The predicted molar refractivity (Wildman–Crippen MR) is 153 cm³/mol. The van der Waals surface area contributed by atoms with E-state index in [1.807, 2.05) is 0 Å². The normalized spacial score (nSPS) is 12.7. The van der Waals surface area contributed by atoms with Crippen LogP contribution in [0.3, 0.4) is 0 Å². The van der Waals surface area contributed by atoms with Gasteiger partial charge in [0, 0.05) is 10.2 Å². The molecule has 0 fully saturated rings. The van der Waals surface area contributed by atoms with Crippen molar-refractivity contribution in [3.05, 3.63) is 123 Å². The van der Waals surface area contributed by atoms with Gasteiger partial charge in [-0.15, -0.1) is 0 Å². The number of furan rings is 1. The van der Waals surface area contributed by atoms with Crippen molar-refractivity contribution in [1.29, 1.82) is 0 Å². The first-order chi connectivity index (χ1) is 20.7. The number of carbonyl (C=O) groups excluding carboxylic acids is 1. The van der Waals surface area contributed by atoms with Gasteiger partial charge in [0.15, 0.2) is 0 Å². The highest BCUT2D eigenvalue weighted by atomic mass is 79.9. The second-order valence-corrected chi connectivity index (χ2v) is 10.6. The van der Waals surface area contributed by atoms with Gasteiger partial charge in [0.2, 0.25) is 0 Å². The molecule has 0 saturated heterocycles. The van der Waals surface area contributed by atoms with Crippen molar-refractivity contribution in [3.63, 3.8) is 0 Å². The molecule has 1 unspecified atom stereocenters. The van der Waals surface area contributed by atoms with Crippen LogP contribution in [0.15, 0.2) is 98.8 Å². The second kappa shape index (κ2) is 11.8. The standard InChI is InChI=1S/C30H21BrF6N4O3/c1-17(26-39-25-7-3-2-6-24(25)27(42)41(26)22-10-8-20(31)9-11-22)40(16-23-5-4-12-44-23)28(43)38-21-14-18(29(32,33)34)13-19(15-21)30(35,36)37/h2-15,17H,16H2,1H3,(H,38,43). The number of halogens is 7. The molecule has 0 aliphatic heterocycles. The molecule has 2 amide bonds. The number of aromatic nitrogens is 2. The van der Waals surface area contributed by atoms with Gasteiger partial charge in [-0.05, 0) is 73.7 Å². The number of rotatable bonds is 6. The van der Waals surface area contributed by atoms with E-state index in [0.29, 0.717) is 23.3 Å². The smallest absolute Gasteiger partial charge is 0.416 e. The molecule has 5 aromatic rings. The van der Waals surface area contributed by atoms with E-state index >= 15 is 0 Å². The van der Waals surface area contributed by atoms with E-state index in [0.717, 1.165) is 9.37 Å². The summed E-state index contributed by atoms with van der Waals surface area (Å²) in [6.45, 7) is 1.26. The number of carbonyl (C=O) groups is 1. The van der Waals surface area contributed by atoms with E-state index in [1.165, 1.54) is 23.8 Å². The summed E-state index contributed by atoms with van der Waals surface area (Å²) in [5, 5.41) is 2.46. The van der Waals surface area contributed by atoms with Gasteiger partial charge in [0.1, 0.15) is 11.6 Å². The van der Waals surface area contributed by atoms with Crippen LogP contribution in [-0.4, -0.2) is 20.5 Å². The molecule has 0 spiro atoms. The number of amides is 2. The monoisotopic (exact) mass is 678 g/mol. The Bertz CT molecular complexity index is 1840. The number of para-hydroxylation sites is 1. The van der Waals surface area contributed by atoms with E-state index in [4.69, 9.17) is 4.42 Å². The van der Waals surface area contributed by atoms with Crippen molar-refractivity contribution in [2.75, 3.05) is 5.32 Å². The minimum absolute atomic E-state index is 0.0329. The molecule has 2 heterocycles. The highest BCUT2D eigenvalue weighted by molar-refractivity contribution is 9.10. The zero-order valence-electron chi connectivity index (χ0n) is 22.6. The highest BCUT2D eigenvalue weighted by Gasteiger charge is 2.37. The SMILES string of the molecule is CC(c1nc2ccccc2c(=O)n1-c1ccc(Br)cc1)N(Cc1ccco1)C(=O)Nc1cc(C(F)(F)F)cc(C(F)(F)F)c1. The summed E-state index contributed by atoms with van der Waals surface area (Å²) < 4.78 is 88.3. The average Bonchev–Trinajstić information content (AvgIpc) is 3.48. The van der Waals surface area contributed by atoms with Crippen LogP contribution in [0.2, 0.25) is 0 Å². The molecule has 14 heteroatoms. The van der Waals surface area contributed by atoms with Crippen LogP contribution in [0.4, 0.5) is 36.8 Å². The Hall–Kier alpha value is -4.59. The molecule has 2 aromatic heterocycles. The van der Waals surface area contributed by atoms with Gasteiger partial charge in [-0.2, -0.15) is 26.3 Å². The summed E-state index contributed by atoms with van der Waals surface area (Å²) in [4.78, 5) is 33.2. The van der Waals surface area contributed by atoms with Gasteiger partial charge in [0.05, 0.1) is 46.6 Å². The van der Waals surface area contributed by atoms with Crippen molar-refractivity contribution in [2.24, 2.45) is 0 Å². The van der Waals surface area contributed by atoms with E-state index in [2.05, 4.69) is 26.2 Å². The molecule has 0 aliphatic carbocycles. The summed E-state index contributed by atoms with van der Waals surface area (Å²) in [6.07, 6.45) is -8.89. The third kappa shape index (κ3) is 6.49. The maximum absolute atomic E-state index is 13.8. The first-order valence-corrected chi connectivity index (χ1v) is 13.7. The average molecular weight is 679 g/mol. The maximum Gasteiger partial charge on any atom is 0.416 e. The predicted octanol–water partition coefficient (Wildman–Crippen LogP) is 8.57. The summed E-state index contributed by atoms with van der Waals surface area (Å²) in [7, 11) is 0. The topological polar surface area (TPSA) is 80.4 Å². The van der Waals surface area contributed by atoms with Crippen molar-refractivity contribution >= 4 is 38.6 Å². The molecule has 5 rings (SSSR count). The van der Waals surface area contributed by atoms with Crippen LogP contribution < -0.4 is 10.9 Å². The number of urea groups is 1. The van der Waals surface area contributed by atoms with Crippen LogP contribution in [0.25, 0.3) is 16.6 Å². The molecule has 228 valence electrons. The molecular formula is C30H21BrF6N4O3. The molecule has 1 atom stereocenters. The minimum atomic E-state index is -5.11. The van der Waals surface area contributed by atoms with Gasteiger partial charge in [0.25, 0.3) is 5.56 Å². The number of nitrogens with one attached hydrogen (secondary N) is 1. The first-order valence-electron chi connectivity index (χ1n) is 12.9. The molecule has 3 aromatic carbocycles. The Morgan fingerprint density at radius 2 is 1.59 bits per heavy atom. The molecular weight excluding hydrogens is 658 g/mol. The number of fused-ring (bicyclic) bond motifs is 1. The lowest BCUT2D eigenvalue weighted by Gasteiger charge is -2.30. The van der Waals surface area contributed by atoms with Crippen LogP contribution in [0, 0.1) is 0 Å². The van der Waals surface area contributed by atoms with E-state index < -0.39 is 46.8 Å². The number of hydrogen-bond donors (Lipinski definition) is 1. The largest absolute Gasteiger partial charge is 0.467 e. The summed E-state index contributed by atoms with van der Waals surface area (Å²) in [5.41, 5.74) is -3.64. The lowest BCUT2D eigenvalue weighted by Crippen LogP contribution is -2.39. The van der Waals surface area contributed by atoms with Crippen molar-refractivity contribution < 1.29 is 35.6 Å². The third-order valence-corrected chi connectivity index (χ3v) is 7.26. The number of alkyl halides is 6. The maximum atomic E-state index is 13.8. The molecule has 44 heavy (non-hydrogen) atoms. The number of benzene rings is 3. The molecule has 0 saturated carbocycles. The highest BCUT2D eigenvalue weighted by Crippen LogP contribution is 2.38. The second-order valence-electron chi connectivity index (χ2n) is 9.71. The molecule has 0 bridgehead atoms. The van der Waals surface area contributed by atoms with Gasteiger partial charge in [-0.3, -0.25) is 9.36 Å². The first kappa shape index (κ1) is 30.9. The van der Waals surface area contributed by atoms with Crippen molar-refractivity contribution in [1.82, 2.24) is 14.5 Å². The Morgan fingerprint density at radius 3 is 2.18 bits per heavy atom. The number of hydrogen-bond acceptors (Lipinski definition) is 4. The summed E-state index contributed by atoms with van der Waals surface area (Å²) in [6, 6.07) is 15.0. The van der Waals surface area contributed by atoms with Crippen LogP contribution in [0.5, 0.6) is 0 Å². The Kier molecular flexibility index (Phi) is 8.30. The minimum Gasteiger partial charge on any atom is -0.467 e. The van der Waals surface area contributed by atoms with E-state index in [1.54, 1.807) is 54.6 Å². The van der Waals surface area contributed by atoms with Gasteiger partial charge in [-0.1, -0.05) is 28.1 Å². The van der Waals surface area contributed by atoms with Crippen molar-refractivity contribution in [3.8, 4) is 5.69 Å². The Balaban J connectivity index is 1.63. The zero-order chi connectivity index (χ0) is 31.8. The summed E-state index contributed by atoms with van der Waals surface area (Å²) in [5.74, 6) is 0.336. The van der Waals surface area contributed by atoms with Crippen molar-refractivity contribution in [2.45, 2.75) is 31.9 Å². The molecule has 1 N–H and O–H groups in total. The quantitative estimate of drug-likeness (QED) is 0.183. The molecule has 0 aliphatic rings. The third-order valence-electron chi connectivity index (χ3n) is 6.73. The number of anilines is 1.